The molecule has 2 rings (SSSR count). The normalized spacial score (nSPS) is 18.2. The van der Waals surface area contributed by atoms with Crippen molar-refractivity contribution in [2.75, 3.05) is 26.2 Å². The third-order valence-electron chi connectivity index (χ3n) is 3.23. The maximum atomic E-state index is 11.6. The molecule has 0 aromatic heterocycles. The van der Waals surface area contributed by atoms with E-state index in [4.69, 9.17) is 33.0 Å². The van der Waals surface area contributed by atoms with E-state index >= 15 is 0 Å². The van der Waals surface area contributed by atoms with Crippen molar-refractivity contribution in [1.82, 2.24) is 10.2 Å². The lowest BCUT2D eigenvalue weighted by atomic mass is 10.3. The number of carbonyl (C=O) groups excluding carboxylic acids is 1. The van der Waals surface area contributed by atoms with E-state index in [-0.39, 0.29) is 25.1 Å². The maximum absolute atomic E-state index is 11.6. The Morgan fingerprint density at radius 3 is 2.82 bits per heavy atom. The van der Waals surface area contributed by atoms with Crippen molar-refractivity contribution in [1.29, 1.82) is 0 Å². The van der Waals surface area contributed by atoms with Gasteiger partial charge in [-0.05, 0) is 18.6 Å². The molecule has 0 radical (unpaired) electrons. The number of ether oxygens (including phenoxy) is 1. The predicted molar refractivity (Wildman–Crippen MR) is 82.6 cm³/mol. The minimum absolute atomic E-state index is 0.0375. The van der Waals surface area contributed by atoms with Crippen LogP contribution in [0.2, 0.25) is 10.0 Å². The summed E-state index contributed by atoms with van der Waals surface area (Å²) in [6.07, 6.45) is 0.747. The molecule has 1 aliphatic heterocycles. The number of carboxylic acids is 1. The number of amides is 1. The van der Waals surface area contributed by atoms with Crippen molar-refractivity contribution in [2.45, 2.75) is 12.5 Å². The molecule has 1 aromatic rings. The summed E-state index contributed by atoms with van der Waals surface area (Å²) in [5.41, 5.74) is 0. The zero-order valence-corrected chi connectivity index (χ0v) is 13.2. The average Bonchev–Trinajstić information content (AvgIpc) is 2.88. The first kappa shape index (κ1) is 16.9. The minimum Gasteiger partial charge on any atom is -0.489 e. The molecule has 8 heteroatoms. The van der Waals surface area contributed by atoms with Crippen LogP contribution in [0.15, 0.2) is 18.2 Å². The zero-order chi connectivity index (χ0) is 16.1. The third-order valence-corrected chi connectivity index (χ3v) is 3.97. The van der Waals surface area contributed by atoms with Crippen molar-refractivity contribution in [3.63, 3.8) is 0 Å². The van der Waals surface area contributed by atoms with Gasteiger partial charge in [-0.2, -0.15) is 0 Å². The van der Waals surface area contributed by atoms with Gasteiger partial charge in [0.2, 0.25) is 5.91 Å². The van der Waals surface area contributed by atoms with Crippen LogP contribution >= 0.6 is 23.2 Å². The fourth-order valence-corrected chi connectivity index (χ4v) is 2.50. The van der Waals surface area contributed by atoms with Gasteiger partial charge in [-0.1, -0.05) is 23.2 Å². The Balaban J connectivity index is 1.78. The highest BCUT2D eigenvalue weighted by molar-refractivity contribution is 6.42. The zero-order valence-electron chi connectivity index (χ0n) is 11.7. The highest BCUT2D eigenvalue weighted by atomic mass is 35.5. The van der Waals surface area contributed by atoms with Gasteiger partial charge in [0.1, 0.15) is 18.4 Å². The molecule has 1 saturated heterocycles. The molecule has 1 heterocycles. The van der Waals surface area contributed by atoms with E-state index < -0.39 is 5.97 Å². The summed E-state index contributed by atoms with van der Waals surface area (Å²) in [5, 5.41) is 11.7. The summed E-state index contributed by atoms with van der Waals surface area (Å²) in [4.78, 5) is 23.9. The van der Waals surface area contributed by atoms with Crippen LogP contribution in [0, 0.1) is 0 Å². The molecule has 6 nitrogen and oxygen atoms in total. The van der Waals surface area contributed by atoms with Crippen LogP contribution in [0.4, 0.5) is 0 Å². The van der Waals surface area contributed by atoms with E-state index in [1.807, 2.05) is 4.90 Å². The van der Waals surface area contributed by atoms with Crippen LogP contribution in [-0.4, -0.2) is 54.2 Å². The summed E-state index contributed by atoms with van der Waals surface area (Å²) in [6.45, 7) is 1.11. The summed E-state index contributed by atoms with van der Waals surface area (Å²) >= 11 is 11.8. The molecule has 22 heavy (non-hydrogen) atoms. The van der Waals surface area contributed by atoms with Crippen molar-refractivity contribution >= 4 is 35.1 Å². The number of benzene rings is 1. The molecule has 1 aliphatic rings. The Hall–Kier alpha value is -1.50. The number of nitrogens with zero attached hydrogens (tertiary/aromatic N) is 1. The van der Waals surface area contributed by atoms with Gasteiger partial charge in [0.15, 0.2) is 0 Å². The summed E-state index contributed by atoms with van der Waals surface area (Å²) in [6, 6.07) is 5.08. The van der Waals surface area contributed by atoms with Gasteiger partial charge in [0.25, 0.3) is 0 Å². The van der Waals surface area contributed by atoms with Gasteiger partial charge in [0.05, 0.1) is 16.6 Å². The van der Waals surface area contributed by atoms with E-state index in [1.165, 1.54) is 0 Å². The van der Waals surface area contributed by atoms with Gasteiger partial charge in [-0.25, -0.2) is 0 Å². The second kappa shape index (κ2) is 7.67. The molecular weight excluding hydrogens is 331 g/mol. The standard InChI is InChI=1S/C14H16Cl2N2O4/c15-11-2-1-9(5-12(11)16)22-10-3-4-18(7-10)8-13(19)17-6-14(20)21/h1-2,5,10H,3-4,6-8H2,(H,17,19)(H,20,21). The monoisotopic (exact) mass is 346 g/mol. The van der Waals surface area contributed by atoms with Crippen LogP contribution in [0.5, 0.6) is 5.75 Å². The van der Waals surface area contributed by atoms with Gasteiger partial charge in [-0.15, -0.1) is 0 Å². The quantitative estimate of drug-likeness (QED) is 0.818. The predicted octanol–water partition coefficient (Wildman–Crippen LogP) is 1.65. The Bertz CT molecular complexity index is 568. The van der Waals surface area contributed by atoms with Crippen molar-refractivity contribution in [2.24, 2.45) is 0 Å². The smallest absolute Gasteiger partial charge is 0.322 e. The molecule has 1 unspecified atom stereocenters. The number of aliphatic carboxylic acids is 1. The largest absolute Gasteiger partial charge is 0.489 e. The van der Waals surface area contributed by atoms with E-state index in [2.05, 4.69) is 5.32 Å². The van der Waals surface area contributed by atoms with E-state index in [0.717, 1.165) is 6.42 Å². The molecule has 1 fully saturated rings. The summed E-state index contributed by atoms with van der Waals surface area (Å²) in [7, 11) is 0. The van der Waals surface area contributed by atoms with Crippen molar-refractivity contribution in [3.05, 3.63) is 28.2 Å². The van der Waals surface area contributed by atoms with Crippen LogP contribution in [-0.2, 0) is 9.59 Å². The minimum atomic E-state index is -1.06. The maximum Gasteiger partial charge on any atom is 0.322 e. The van der Waals surface area contributed by atoms with Crippen LogP contribution in [0.3, 0.4) is 0 Å². The van der Waals surface area contributed by atoms with Crippen molar-refractivity contribution < 1.29 is 19.4 Å². The number of halogens is 2. The Morgan fingerprint density at radius 2 is 2.14 bits per heavy atom. The first-order chi connectivity index (χ1) is 10.4. The number of hydrogen-bond acceptors (Lipinski definition) is 4. The average molecular weight is 347 g/mol. The lowest BCUT2D eigenvalue weighted by molar-refractivity contribution is -0.138. The highest BCUT2D eigenvalue weighted by Crippen LogP contribution is 2.27. The van der Waals surface area contributed by atoms with E-state index in [9.17, 15) is 9.59 Å². The van der Waals surface area contributed by atoms with Gasteiger partial charge >= 0.3 is 5.97 Å². The van der Waals surface area contributed by atoms with Gasteiger partial charge in [-0.3, -0.25) is 14.5 Å². The summed E-state index contributed by atoms with van der Waals surface area (Å²) in [5.74, 6) is -0.732. The molecule has 1 amide bonds. The number of rotatable bonds is 6. The topological polar surface area (TPSA) is 78.9 Å². The molecule has 2 N–H and O–H groups in total. The van der Waals surface area contributed by atoms with Crippen LogP contribution < -0.4 is 10.1 Å². The second-order valence-electron chi connectivity index (χ2n) is 5.01. The second-order valence-corrected chi connectivity index (χ2v) is 5.82. The van der Waals surface area contributed by atoms with Gasteiger partial charge < -0.3 is 15.2 Å². The molecule has 1 atom stereocenters. The molecule has 120 valence electrons. The molecular formula is C14H16Cl2N2O4. The highest BCUT2D eigenvalue weighted by Gasteiger charge is 2.25. The lowest BCUT2D eigenvalue weighted by Gasteiger charge is -2.16. The third kappa shape index (κ3) is 5.05. The Kier molecular flexibility index (Phi) is 5.88. The fraction of sp³-hybridized carbons (Fsp3) is 0.429. The number of hydrogen-bond donors (Lipinski definition) is 2. The fourth-order valence-electron chi connectivity index (χ4n) is 2.21. The molecule has 0 saturated carbocycles. The van der Waals surface area contributed by atoms with Crippen LogP contribution in [0.1, 0.15) is 6.42 Å². The van der Waals surface area contributed by atoms with Crippen LogP contribution in [0.25, 0.3) is 0 Å². The van der Waals surface area contributed by atoms with E-state index in [0.29, 0.717) is 28.9 Å². The number of nitrogens with one attached hydrogen (secondary N) is 1. The first-order valence-electron chi connectivity index (χ1n) is 6.76. The summed E-state index contributed by atoms with van der Waals surface area (Å²) < 4.78 is 5.81. The number of carbonyl (C=O) groups is 2. The SMILES string of the molecule is O=C(O)CNC(=O)CN1CCC(Oc2ccc(Cl)c(Cl)c2)C1. The van der Waals surface area contributed by atoms with Crippen molar-refractivity contribution in [3.8, 4) is 5.75 Å². The molecule has 0 aliphatic carbocycles. The Labute approximate surface area is 137 Å². The molecule has 0 spiro atoms. The first-order valence-corrected chi connectivity index (χ1v) is 7.52. The lowest BCUT2D eigenvalue weighted by Crippen LogP contribution is -2.38. The van der Waals surface area contributed by atoms with E-state index in [1.54, 1.807) is 18.2 Å². The number of likely N-dealkylation sites (tertiary alicyclic amines) is 1. The van der Waals surface area contributed by atoms with Gasteiger partial charge in [0, 0.05) is 19.2 Å². The molecule has 1 aromatic carbocycles. The number of carboxylic acid groups (broad SMARTS) is 1. The Morgan fingerprint density at radius 1 is 1.36 bits per heavy atom. The molecule has 0 bridgehead atoms.